The summed E-state index contributed by atoms with van der Waals surface area (Å²) in [6.45, 7) is 0. The molecule has 0 fully saturated rings. The van der Waals surface area contributed by atoms with Gasteiger partial charge in [0, 0.05) is 21.2 Å². The normalized spacial score (nSPS) is 10.6. The van der Waals surface area contributed by atoms with E-state index in [4.69, 9.17) is 27.6 Å². The lowest BCUT2D eigenvalue weighted by molar-refractivity contribution is 0.0996. The second kappa shape index (κ2) is 7.79. The van der Waals surface area contributed by atoms with Gasteiger partial charge in [-0.25, -0.2) is 0 Å². The number of amides is 1. The van der Waals surface area contributed by atoms with Crippen molar-refractivity contribution in [1.82, 2.24) is 0 Å². The SMILES string of the molecule is O=C(Nc1ccc(Cl)cc1Cl)c1occc1CSc1ccccc1. The van der Waals surface area contributed by atoms with E-state index in [1.54, 1.807) is 36.0 Å². The molecule has 3 aromatic rings. The Bertz CT molecular complexity index is 849. The Morgan fingerprint density at radius 2 is 1.88 bits per heavy atom. The number of furan rings is 1. The predicted molar refractivity (Wildman–Crippen MR) is 99.1 cm³/mol. The predicted octanol–water partition coefficient (Wildman–Crippen LogP) is 6.13. The molecule has 1 aromatic heterocycles. The highest BCUT2D eigenvalue weighted by Gasteiger charge is 2.17. The zero-order valence-electron chi connectivity index (χ0n) is 12.5. The van der Waals surface area contributed by atoms with Gasteiger partial charge in [-0.05, 0) is 36.4 Å². The van der Waals surface area contributed by atoms with Crippen LogP contribution in [-0.2, 0) is 5.75 Å². The summed E-state index contributed by atoms with van der Waals surface area (Å²) in [5, 5.41) is 3.63. The fourth-order valence-electron chi connectivity index (χ4n) is 2.10. The van der Waals surface area contributed by atoms with E-state index in [2.05, 4.69) is 5.32 Å². The highest BCUT2D eigenvalue weighted by atomic mass is 35.5. The first-order chi connectivity index (χ1) is 11.6. The van der Waals surface area contributed by atoms with E-state index in [-0.39, 0.29) is 11.7 Å². The average molecular weight is 378 g/mol. The number of nitrogens with one attached hydrogen (secondary N) is 1. The van der Waals surface area contributed by atoms with Gasteiger partial charge in [-0.2, -0.15) is 0 Å². The van der Waals surface area contributed by atoms with Crippen molar-refractivity contribution in [3.8, 4) is 0 Å². The molecular weight excluding hydrogens is 365 g/mol. The number of thioether (sulfide) groups is 1. The molecule has 0 saturated heterocycles. The average Bonchev–Trinajstić information content (AvgIpc) is 3.05. The summed E-state index contributed by atoms with van der Waals surface area (Å²) < 4.78 is 5.36. The zero-order chi connectivity index (χ0) is 16.9. The van der Waals surface area contributed by atoms with E-state index >= 15 is 0 Å². The summed E-state index contributed by atoms with van der Waals surface area (Å²) in [6.07, 6.45) is 1.51. The lowest BCUT2D eigenvalue weighted by Crippen LogP contribution is -2.13. The van der Waals surface area contributed by atoms with Gasteiger partial charge in [-0.15, -0.1) is 11.8 Å². The Labute approximate surface area is 154 Å². The third-order valence-corrected chi connectivity index (χ3v) is 4.88. The van der Waals surface area contributed by atoms with Crippen LogP contribution < -0.4 is 5.32 Å². The number of carbonyl (C=O) groups is 1. The quantitative estimate of drug-likeness (QED) is 0.543. The lowest BCUT2D eigenvalue weighted by atomic mass is 10.2. The van der Waals surface area contributed by atoms with Crippen molar-refractivity contribution in [3.05, 3.63) is 82.2 Å². The second-order valence-corrected chi connectivity index (χ2v) is 6.85. The van der Waals surface area contributed by atoms with Crippen molar-refractivity contribution < 1.29 is 9.21 Å². The molecule has 24 heavy (non-hydrogen) atoms. The van der Waals surface area contributed by atoms with Crippen LogP contribution in [0.1, 0.15) is 16.1 Å². The van der Waals surface area contributed by atoms with E-state index in [0.717, 1.165) is 10.5 Å². The van der Waals surface area contributed by atoms with Crippen LogP contribution in [-0.4, -0.2) is 5.91 Å². The monoisotopic (exact) mass is 377 g/mol. The van der Waals surface area contributed by atoms with Gasteiger partial charge in [0.25, 0.3) is 5.91 Å². The molecule has 0 aliphatic carbocycles. The Morgan fingerprint density at radius 1 is 1.08 bits per heavy atom. The molecule has 0 saturated carbocycles. The first kappa shape index (κ1) is 17.0. The van der Waals surface area contributed by atoms with Gasteiger partial charge in [0.15, 0.2) is 5.76 Å². The molecule has 0 bridgehead atoms. The van der Waals surface area contributed by atoms with Crippen molar-refractivity contribution in [2.24, 2.45) is 0 Å². The summed E-state index contributed by atoms with van der Waals surface area (Å²) in [6, 6.07) is 16.7. The van der Waals surface area contributed by atoms with Gasteiger partial charge >= 0.3 is 0 Å². The van der Waals surface area contributed by atoms with Gasteiger partial charge in [-0.1, -0.05) is 41.4 Å². The fraction of sp³-hybridized carbons (Fsp3) is 0.0556. The number of benzene rings is 2. The van der Waals surface area contributed by atoms with Gasteiger partial charge in [0.05, 0.1) is 17.0 Å². The Morgan fingerprint density at radius 3 is 2.62 bits per heavy atom. The minimum absolute atomic E-state index is 0.282. The molecule has 1 heterocycles. The van der Waals surface area contributed by atoms with Crippen LogP contribution in [0.2, 0.25) is 10.0 Å². The third-order valence-electron chi connectivity index (χ3n) is 3.27. The van der Waals surface area contributed by atoms with Gasteiger partial charge in [0.2, 0.25) is 0 Å². The maximum absolute atomic E-state index is 12.4. The van der Waals surface area contributed by atoms with Gasteiger partial charge in [0.1, 0.15) is 0 Å². The van der Waals surface area contributed by atoms with E-state index in [1.807, 2.05) is 30.3 Å². The molecule has 1 N–H and O–H groups in total. The van der Waals surface area contributed by atoms with E-state index in [1.165, 1.54) is 6.26 Å². The molecular formula is C18H13Cl2NO2S. The highest BCUT2D eigenvalue weighted by Crippen LogP contribution is 2.28. The van der Waals surface area contributed by atoms with Crippen molar-refractivity contribution in [3.63, 3.8) is 0 Å². The fourth-order valence-corrected chi connectivity index (χ4v) is 3.45. The van der Waals surface area contributed by atoms with Crippen LogP contribution in [0.15, 0.2) is 70.2 Å². The van der Waals surface area contributed by atoms with Crippen LogP contribution in [0, 0.1) is 0 Å². The molecule has 0 radical (unpaired) electrons. The van der Waals surface area contributed by atoms with Gasteiger partial charge < -0.3 is 9.73 Å². The molecule has 122 valence electrons. The molecule has 0 atom stereocenters. The van der Waals surface area contributed by atoms with E-state index in [9.17, 15) is 4.79 Å². The maximum Gasteiger partial charge on any atom is 0.291 e. The summed E-state index contributed by atoms with van der Waals surface area (Å²) >= 11 is 13.6. The summed E-state index contributed by atoms with van der Waals surface area (Å²) in [5.74, 6) is 0.578. The molecule has 0 aliphatic rings. The molecule has 0 spiro atoms. The molecule has 3 nitrogen and oxygen atoms in total. The highest BCUT2D eigenvalue weighted by molar-refractivity contribution is 7.98. The number of hydrogen-bond donors (Lipinski definition) is 1. The minimum atomic E-state index is -0.340. The Kier molecular flexibility index (Phi) is 5.51. The summed E-state index contributed by atoms with van der Waals surface area (Å²) in [4.78, 5) is 13.6. The van der Waals surface area contributed by atoms with Crippen LogP contribution >= 0.6 is 35.0 Å². The van der Waals surface area contributed by atoms with Crippen LogP contribution in [0.25, 0.3) is 0 Å². The minimum Gasteiger partial charge on any atom is -0.459 e. The van der Waals surface area contributed by atoms with Crippen LogP contribution in [0.4, 0.5) is 5.69 Å². The Balaban J connectivity index is 1.71. The van der Waals surface area contributed by atoms with Crippen molar-refractivity contribution in [1.29, 1.82) is 0 Å². The third kappa shape index (κ3) is 4.15. The molecule has 2 aromatic carbocycles. The molecule has 6 heteroatoms. The topological polar surface area (TPSA) is 42.2 Å². The maximum atomic E-state index is 12.4. The zero-order valence-corrected chi connectivity index (χ0v) is 14.8. The molecule has 0 unspecified atom stereocenters. The Hall–Kier alpha value is -1.88. The summed E-state index contributed by atoms with van der Waals surface area (Å²) in [7, 11) is 0. The number of anilines is 1. The number of hydrogen-bond acceptors (Lipinski definition) is 3. The number of carbonyl (C=O) groups excluding carboxylic acids is 1. The van der Waals surface area contributed by atoms with E-state index in [0.29, 0.717) is 21.5 Å². The second-order valence-electron chi connectivity index (χ2n) is 4.95. The summed E-state index contributed by atoms with van der Waals surface area (Å²) in [5.41, 5.74) is 1.32. The van der Waals surface area contributed by atoms with Crippen molar-refractivity contribution in [2.75, 3.05) is 5.32 Å². The van der Waals surface area contributed by atoms with Crippen molar-refractivity contribution in [2.45, 2.75) is 10.6 Å². The van der Waals surface area contributed by atoms with Crippen LogP contribution in [0.5, 0.6) is 0 Å². The van der Waals surface area contributed by atoms with Gasteiger partial charge in [-0.3, -0.25) is 4.79 Å². The van der Waals surface area contributed by atoms with E-state index < -0.39 is 0 Å². The first-order valence-electron chi connectivity index (χ1n) is 7.14. The van der Waals surface area contributed by atoms with Crippen molar-refractivity contribution >= 4 is 46.6 Å². The standard InChI is InChI=1S/C18H13Cl2NO2S/c19-13-6-7-16(15(20)10-13)21-18(22)17-12(8-9-23-17)11-24-14-4-2-1-3-5-14/h1-10H,11H2,(H,21,22). The molecule has 3 rings (SSSR count). The number of halogens is 2. The van der Waals surface area contributed by atoms with Crippen LogP contribution in [0.3, 0.4) is 0 Å². The number of rotatable bonds is 5. The largest absolute Gasteiger partial charge is 0.459 e. The smallest absolute Gasteiger partial charge is 0.291 e. The molecule has 0 aliphatic heterocycles. The first-order valence-corrected chi connectivity index (χ1v) is 8.88. The molecule has 1 amide bonds. The lowest BCUT2D eigenvalue weighted by Gasteiger charge is -2.07.